The third kappa shape index (κ3) is 6.33. The Morgan fingerprint density at radius 1 is 0.815 bits per heavy atom. The molecule has 0 N–H and O–H groups in total. The predicted molar refractivity (Wildman–Crippen MR) is 116 cm³/mol. The predicted octanol–water partition coefficient (Wildman–Crippen LogP) is 5.83. The van der Waals surface area contributed by atoms with Gasteiger partial charge < -0.3 is 9.47 Å². The summed E-state index contributed by atoms with van der Waals surface area (Å²) < 4.78 is 12.9. The molecule has 152 valence electrons. The maximum atomic E-state index is 12.3. The Bertz CT molecular complexity index is 609. The Hall–Kier alpha value is -0.850. The highest BCUT2D eigenvalue weighted by molar-refractivity contribution is 14.1. The molecule has 2 aliphatic heterocycles. The molecule has 0 aliphatic carbocycles. The second-order valence-corrected chi connectivity index (χ2v) is 9.25. The summed E-state index contributed by atoms with van der Waals surface area (Å²) in [6, 6.07) is 0. The monoisotopic (exact) mass is 488 g/mol. The minimum Gasteiger partial charge on any atom is -0.484 e. The van der Waals surface area contributed by atoms with E-state index < -0.39 is 11.2 Å². The van der Waals surface area contributed by atoms with Gasteiger partial charge in [0.15, 0.2) is 11.2 Å². The van der Waals surface area contributed by atoms with Crippen LogP contribution in [0, 0.1) is 0 Å². The van der Waals surface area contributed by atoms with Crippen LogP contribution in [0.25, 0.3) is 0 Å². The number of unbranched alkanes of at least 4 members (excludes halogenated alkanes) is 5. The van der Waals surface area contributed by atoms with Crippen LogP contribution >= 0.6 is 22.6 Å². The number of alkyl halides is 1. The van der Waals surface area contributed by atoms with Crippen molar-refractivity contribution in [3.05, 3.63) is 23.7 Å². The van der Waals surface area contributed by atoms with E-state index in [1.54, 1.807) is 12.2 Å². The van der Waals surface area contributed by atoms with Crippen molar-refractivity contribution < 1.29 is 19.1 Å². The van der Waals surface area contributed by atoms with Gasteiger partial charge in [0.2, 0.25) is 11.6 Å². The van der Waals surface area contributed by atoms with Crippen LogP contribution in [0.2, 0.25) is 0 Å². The van der Waals surface area contributed by atoms with Gasteiger partial charge in [0, 0.05) is 18.6 Å². The SMILES string of the molecule is CC1=CC(=O)C(C)(CCCCCCC2=CC(=O)C(C)(CCCCCI)O2)O1. The molecule has 0 aromatic carbocycles. The molecule has 2 rings (SSSR count). The molecule has 0 amide bonds. The van der Waals surface area contributed by atoms with Crippen LogP contribution in [0.15, 0.2) is 23.7 Å². The summed E-state index contributed by atoms with van der Waals surface area (Å²) in [5.74, 6) is 1.77. The first-order valence-electron chi connectivity index (χ1n) is 10.2. The van der Waals surface area contributed by atoms with Crippen molar-refractivity contribution in [2.45, 2.75) is 96.2 Å². The van der Waals surface area contributed by atoms with Crippen LogP contribution in [-0.2, 0) is 19.1 Å². The van der Waals surface area contributed by atoms with Crippen LogP contribution in [0.3, 0.4) is 0 Å². The van der Waals surface area contributed by atoms with Crippen molar-refractivity contribution in [3.8, 4) is 0 Å². The van der Waals surface area contributed by atoms with Crippen molar-refractivity contribution in [1.29, 1.82) is 0 Å². The van der Waals surface area contributed by atoms with Gasteiger partial charge in [-0.3, -0.25) is 9.59 Å². The molecule has 0 aromatic heterocycles. The van der Waals surface area contributed by atoms with Crippen LogP contribution in [-0.4, -0.2) is 27.2 Å². The first-order valence-corrected chi connectivity index (χ1v) is 11.7. The lowest BCUT2D eigenvalue weighted by molar-refractivity contribution is -0.129. The summed E-state index contributed by atoms with van der Waals surface area (Å²) in [4.78, 5) is 24.2. The fraction of sp³-hybridized carbons (Fsp3) is 0.727. The Balaban J connectivity index is 1.60. The van der Waals surface area contributed by atoms with E-state index in [0.29, 0.717) is 0 Å². The summed E-state index contributed by atoms with van der Waals surface area (Å²) in [5.41, 5.74) is -1.30. The number of ketones is 2. The van der Waals surface area contributed by atoms with Gasteiger partial charge in [0.1, 0.15) is 5.76 Å². The van der Waals surface area contributed by atoms with E-state index >= 15 is 0 Å². The van der Waals surface area contributed by atoms with Gasteiger partial charge in [-0.1, -0.05) is 41.9 Å². The summed E-state index contributed by atoms with van der Waals surface area (Å²) in [6.45, 7) is 5.64. The molecule has 0 saturated carbocycles. The zero-order chi connectivity index (χ0) is 19.9. The molecular formula is C22H33IO4. The van der Waals surface area contributed by atoms with E-state index in [4.69, 9.17) is 9.47 Å². The summed E-state index contributed by atoms with van der Waals surface area (Å²) in [5, 5.41) is 0. The fourth-order valence-corrected chi connectivity index (χ4v) is 4.30. The third-order valence-corrected chi connectivity index (χ3v) is 6.29. The maximum Gasteiger partial charge on any atom is 0.202 e. The molecule has 4 nitrogen and oxygen atoms in total. The molecular weight excluding hydrogens is 455 g/mol. The normalized spacial score (nSPS) is 27.4. The highest BCUT2D eigenvalue weighted by Crippen LogP contribution is 2.33. The van der Waals surface area contributed by atoms with Gasteiger partial charge in [0.25, 0.3) is 0 Å². The quantitative estimate of drug-likeness (QED) is 0.197. The first kappa shape index (κ1) is 22.4. The maximum absolute atomic E-state index is 12.3. The molecule has 2 heterocycles. The molecule has 2 unspecified atom stereocenters. The van der Waals surface area contributed by atoms with Crippen molar-refractivity contribution in [3.63, 3.8) is 0 Å². The van der Waals surface area contributed by atoms with Crippen LogP contribution in [0.1, 0.15) is 85.0 Å². The second kappa shape index (κ2) is 10.1. The van der Waals surface area contributed by atoms with Crippen LogP contribution in [0.5, 0.6) is 0 Å². The largest absolute Gasteiger partial charge is 0.484 e. The Labute approximate surface area is 177 Å². The van der Waals surface area contributed by atoms with Gasteiger partial charge in [0.05, 0.1) is 5.76 Å². The molecule has 0 saturated heterocycles. The first-order chi connectivity index (χ1) is 12.8. The number of ether oxygens (including phenoxy) is 2. The standard InChI is InChI=1S/C22H33IO4/c1-17-15-19(24)21(2,26-17)12-8-5-4-7-11-18-16-20(25)22(3,27-18)13-9-6-10-14-23/h15-16H,4-14H2,1-3H3. The summed E-state index contributed by atoms with van der Waals surface area (Å²) in [7, 11) is 0. The number of allylic oxidation sites excluding steroid dienone is 2. The molecule has 0 aromatic rings. The van der Waals surface area contributed by atoms with Gasteiger partial charge in [-0.25, -0.2) is 0 Å². The lowest BCUT2D eigenvalue weighted by Gasteiger charge is -2.24. The van der Waals surface area contributed by atoms with Gasteiger partial charge in [-0.15, -0.1) is 0 Å². The molecule has 2 aliphatic rings. The van der Waals surface area contributed by atoms with Crippen molar-refractivity contribution >= 4 is 34.2 Å². The number of hydrogen-bond acceptors (Lipinski definition) is 4. The molecule has 0 fully saturated rings. The number of carbonyl (C=O) groups excluding carboxylic acids is 2. The number of halogens is 1. The average molecular weight is 488 g/mol. The van der Waals surface area contributed by atoms with Crippen molar-refractivity contribution in [1.82, 2.24) is 0 Å². The lowest BCUT2D eigenvalue weighted by atomic mass is 9.94. The molecule has 0 bridgehead atoms. The summed E-state index contributed by atoms with van der Waals surface area (Å²) >= 11 is 2.39. The third-order valence-electron chi connectivity index (χ3n) is 5.53. The summed E-state index contributed by atoms with van der Waals surface area (Å²) in [6.07, 6.45) is 13.2. The highest BCUT2D eigenvalue weighted by atomic mass is 127. The smallest absolute Gasteiger partial charge is 0.202 e. The Kier molecular flexibility index (Phi) is 8.38. The second-order valence-electron chi connectivity index (χ2n) is 8.17. The van der Waals surface area contributed by atoms with Crippen molar-refractivity contribution in [2.75, 3.05) is 4.43 Å². The number of rotatable bonds is 12. The van der Waals surface area contributed by atoms with Gasteiger partial charge in [-0.2, -0.15) is 0 Å². The molecule has 0 radical (unpaired) electrons. The van der Waals surface area contributed by atoms with E-state index in [-0.39, 0.29) is 11.6 Å². The zero-order valence-corrected chi connectivity index (χ0v) is 19.1. The van der Waals surface area contributed by atoms with E-state index in [1.807, 2.05) is 20.8 Å². The van der Waals surface area contributed by atoms with E-state index in [9.17, 15) is 9.59 Å². The molecule has 5 heteroatoms. The minimum atomic E-state index is -0.660. The molecule has 2 atom stereocenters. The van der Waals surface area contributed by atoms with E-state index in [0.717, 1.165) is 69.3 Å². The Morgan fingerprint density at radius 2 is 1.37 bits per heavy atom. The van der Waals surface area contributed by atoms with E-state index in [2.05, 4.69) is 22.6 Å². The fourth-order valence-electron chi connectivity index (χ4n) is 3.76. The lowest BCUT2D eigenvalue weighted by Crippen LogP contribution is -2.32. The molecule has 0 spiro atoms. The van der Waals surface area contributed by atoms with E-state index in [1.165, 1.54) is 10.8 Å². The van der Waals surface area contributed by atoms with Crippen molar-refractivity contribution in [2.24, 2.45) is 0 Å². The van der Waals surface area contributed by atoms with Crippen LogP contribution < -0.4 is 0 Å². The average Bonchev–Trinajstić information content (AvgIpc) is 3.03. The van der Waals surface area contributed by atoms with Gasteiger partial charge in [-0.05, 0) is 63.7 Å². The zero-order valence-electron chi connectivity index (χ0n) is 16.9. The highest BCUT2D eigenvalue weighted by Gasteiger charge is 2.39. The number of carbonyl (C=O) groups is 2. The molecule has 27 heavy (non-hydrogen) atoms. The number of hydrogen-bond donors (Lipinski definition) is 0. The topological polar surface area (TPSA) is 52.6 Å². The van der Waals surface area contributed by atoms with Crippen LogP contribution in [0.4, 0.5) is 0 Å². The Morgan fingerprint density at radius 3 is 1.96 bits per heavy atom. The van der Waals surface area contributed by atoms with Gasteiger partial charge >= 0.3 is 0 Å². The minimum absolute atomic E-state index is 0.0841.